The quantitative estimate of drug-likeness (QED) is 0.0269. The number of nitrogens with one attached hydrogen (secondary N) is 1. The number of carboxylic acids is 1. The van der Waals surface area contributed by atoms with Crippen LogP contribution in [0, 0.1) is 23.7 Å². The molecule has 27 nitrogen and oxygen atoms in total. The van der Waals surface area contributed by atoms with Gasteiger partial charge in [0.25, 0.3) is 5.91 Å². The zero-order valence-corrected chi connectivity index (χ0v) is 70.0. The van der Waals surface area contributed by atoms with Crippen molar-refractivity contribution in [2.75, 3.05) is 179 Å². The third-order valence-electron chi connectivity index (χ3n) is 18.7. The zero-order chi connectivity index (χ0) is 79.2. The van der Waals surface area contributed by atoms with Crippen molar-refractivity contribution in [2.24, 2.45) is 23.7 Å². The monoisotopic (exact) mass is 1690 g/mol. The molecular formula is C79H129Br2N5O22S. The molecular weight excluding hydrogens is 1560 g/mol. The molecule has 0 bridgehead atoms. The molecule has 109 heavy (non-hydrogen) atoms. The van der Waals surface area contributed by atoms with Crippen LogP contribution in [0.2, 0.25) is 0 Å². The van der Waals surface area contributed by atoms with E-state index in [-0.39, 0.29) is 85.8 Å². The summed E-state index contributed by atoms with van der Waals surface area (Å²) in [5, 5.41) is 14.6. The van der Waals surface area contributed by atoms with Crippen molar-refractivity contribution < 1.29 is 105 Å². The molecule has 2 fully saturated rings. The van der Waals surface area contributed by atoms with Crippen molar-refractivity contribution >= 4 is 90.5 Å². The molecule has 1 aromatic carbocycles. The van der Waals surface area contributed by atoms with Crippen LogP contribution in [-0.4, -0.2) is 279 Å². The van der Waals surface area contributed by atoms with Crippen LogP contribution in [0.3, 0.4) is 0 Å². The van der Waals surface area contributed by atoms with Crippen LogP contribution in [-0.2, 0) is 102 Å². The van der Waals surface area contributed by atoms with Crippen molar-refractivity contribution in [1.29, 1.82) is 0 Å². The number of piperidine rings is 1. The molecule has 2 aliphatic rings. The van der Waals surface area contributed by atoms with Gasteiger partial charge in [0.15, 0.2) is 11.9 Å². The van der Waals surface area contributed by atoms with Gasteiger partial charge in [-0.05, 0) is 114 Å². The number of aromatic nitrogens is 1. The van der Waals surface area contributed by atoms with Crippen molar-refractivity contribution in [1.82, 2.24) is 25.0 Å². The summed E-state index contributed by atoms with van der Waals surface area (Å²) in [5.41, 5.74) is 1.04. The fourth-order valence-electron chi connectivity index (χ4n) is 12.4. The lowest BCUT2D eigenvalue weighted by Crippen LogP contribution is -2.50. The van der Waals surface area contributed by atoms with Crippen LogP contribution in [0.4, 0.5) is 0 Å². The van der Waals surface area contributed by atoms with Gasteiger partial charge in [0.2, 0.25) is 23.6 Å². The fourth-order valence-corrected chi connectivity index (χ4v) is 14.2. The van der Waals surface area contributed by atoms with Crippen LogP contribution in [0.5, 0.6) is 0 Å². The molecule has 0 spiro atoms. The lowest BCUT2D eigenvalue weighted by molar-refractivity contribution is -0.150. The summed E-state index contributed by atoms with van der Waals surface area (Å²) in [7, 11) is 1.71. The Morgan fingerprint density at radius 1 is 0.606 bits per heavy atom. The lowest BCUT2D eigenvalue weighted by Gasteiger charge is -2.38. The Bertz CT molecular complexity index is 2800. The number of rotatable bonds is 68. The number of imide groups is 1. The average molecular weight is 1690 g/mol. The van der Waals surface area contributed by atoms with Crippen molar-refractivity contribution in [3.05, 3.63) is 52.0 Å². The summed E-state index contributed by atoms with van der Waals surface area (Å²) < 4.78 is 74.2. The third-order valence-corrected chi connectivity index (χ3v) is 22.2. The third kappa shape index (κ3) is 41.4. The Balaban J connectivity index is 0.919. The smallest absolute Gasteiger partial charge is 0.306 e. The first-order valence-corrected chi connectivity index (χ1v) is 42.3. The summed E-state index contributed by atoms with van der Waals surface area (Å²) >= 11 is 7.62. The number of Topliss-reactive ketones (excluding diaryl/α,β-unsaturated/α-hetero) is 1. The predicted octanol–water partition coefficient (Wildman–Crippen LogP) is 10.5. The first-order valence-electron chi connectivity index (χ1n) is 39.6. The van der Waals surface area contributed by atoms with Gasteiger partial charge in [-0.2, -0.15) is 0 Å². The number of hydrogen-bond donors (Lipinski definition) is 2. The van der Waals surface area contributed by atoms with Gasteiger partial charge in [-0.3, -0.25) is 43.3 Å². The van der Waals surface area contributed by atoms with Crippen molar-refractivity contribution in [2.45, 2.75) is 197 Å². The molecule has 0 saturated carbocycles. The van der Waals surface area contributed by atoms with E-state index >= 15 is 0 Å². The molecule has 1 aromatic heterocycles. The summed E-state index contributed by atoms with van der Waals surface area (Å²) in [6.45, 7) is 25.2. The van der Waals surface area contributed by atoms with Gasteiger partial charge in [-0.25, -0.2) is 4.98 Å². The number of ether oxygens (including phenoxy) is 13. The number of halogens is 2. The van der Waals surface area contributed by atoms with E-state index in [1.54, 1.807) is 29.2 Å². The zero-order valence-electron chi connectivity index (χ0n) is 66.0. The number of carbonyl (C=O) groups is 8. The number of hydrogen-bond acceptors (Lipinski definition) is 23. The predicted molar refractivity (Wildman–Crippen MR) is 420 cm³/mol. The molecule has 2 N–H and O–H groups in total. The number of carboxylic acid groups (broad SMARTS) is 1. The SMILES string of the molecule is CC[C@H](C)[C@H](CC(=O)[C@H]1CCCCN1C(=O)CCOCCOCCCOCCCOCCCOCCCOCCCOCCCOCCCOCCCOCCCOCCCOCCN1C(=O)C(Br)C(Br)C1=O)C(=O)N(C)[C@H](C[C@@H](OC(C)=O)c1nc(C(=O)N[C@@H](Cc2ccccc2)C[C@H](C)C(=O)O)cs1)C(C)C. The standard InChI is InChI=1S/C79H129Br2N5O22S/c1-8-60(4)65(76(91)84(7)68(59(2)3)57-70(108-62(6)87)75-83-66(58-109-75)74(90)82-64(54-61(5)79(94)95)55-63-24-10-9-11-25-63)56-69(88)67-26-12-13-28-85(67)71(89)27-50-107-53-52-106-49-23-47-104-45-21-43-102-41-19-39-100-37-17-35-98-33-15-31-96-30-14-32-97-34-16-36-99-38-18-40-101-42-20-44-103-46-22-48-105-51-29-86-77(92)72(80)73(81)78(86)93/h9-11,24-25,58-61,64-65,67-68,70,72-73H,8,12-23,26-57H2,1-7H3,(H,82,90)(H,94,95)/t60-,61-,64+,65-,67+,68+,70+,72?,73?/m0/s1. The number of thiazole rings is 1. The second-order valence-corrected chi connectivity index (χ2v) is 30.9. The number of nitrogens with zero attached hydrogens (tertiary/aromatic N) is 4. The summed E-state index contributed by atoms with van der Waals surface area (Å²) in [6.07, 6.45) is 10.8. The Labute approximate surface area is 668 Å². The van der Waals surface area contributed by atoms with E-state index in [2.05, 4.69) is 42.2 Å². The minimum atomic E-state index is -0.965. The number of carbonyl (C=O) groups excluding carboxylic acids is 7. The molecule has 9 atom stereocenters. The molecule has 4 rings (SSSR count). The van der Waals surface area contributed by atoms with Gasteiger partial charge in [0.05, 0.1) is 51.4 Å². The highest BCUT2D eigenvalue weighted by Crippen LogP contribution is 2.34. The number of ketones is 1. The van der Waals surface area contributed by atoms with Gasteiger partial charge >= 0.3 is 11.9 Å². The molecule has 0 aliphatic carbocycles. The number of alkyl halides is 2. The highest BCUT2D eigenvalue weighted by atomic mass is 79.9. The van der Waals surface area contributed by atoms with Gasteiger partial charge in [0, 0.05) is 189 Å². The largest absolute Gasteiger partial charge is 0.481 e. The molecule has 0 radical (unpaired) electrons. The Morgan fingerprint density at radius 2 is 1.04 bits per heavy atom. The minimum Gasteiger partial charge on any atom is -0.481 e. The molecule has 30 heteroatoms. The average Bonchev–Trinajstić information content (AvgIpc) is 1.81. The Morgan fingerprint density at radius 3 is 1.46 bits per heavy atom. The highest BCUT2D eigenvalue weighted by molar-refractivity contribution is 9.12. The lowest BCUT2D eigenvalue weighted by atomic mass is 9.82. The first-order chi connectivity index (χ1) is 52.7. The summed E-state index contributed by atoms with van der Waals surface area (Å²) in [5.74, 6) is -4.68. The van der Waals surface area contributed by atoms with E-state index in [4.69, 9.17) is 61.6 Å². The van der Waals surface area contributed by atoms with Crippen molar-refractivity contribution in [3.63, 3.8) is 0 Å². The number of benzene rings is 1. The normalized spacial score (nSPS) is 17.0. The molecule has 2 unspecified atom stereocenters. The van der Waals surface area contributed by atoms with Crippen LogP contribution in [0.1, 0.15) is 184 Å². The van der Waals surface area contributed by atoms with E-state index in [1.165, 1.54) is 11.8 Å². The first kappa shape index (κ1) is 96.9. The number of aliphatic carboxylic acids is 1. The van der Waals surface area contributed by atoms with Gasteiger partial charge in [-0.1, -0.05) is 103 Å². The van der Waals surface area contributed by atoms with Crippen LogP contribution < -0.4 is 5.32 Å². The van der Waals surface area contributed by atoms with Crippen LogP contribution in [0.25, 0.3) is 0 Å². The number of esters is 1. The fraction of sp³-hybridized carbons (Fsp3) is 0.785. The van der Waals surface area contributed by atoms with E-state index in [0.717, 1.165) is 94.0 Å². The molecule has 3 heterocycles. The summed E-state index contributed by atoms with van der Waals surface area (Å²) in [6, 6.07) is 7.88. The van der Waals surface area contributed by atoms with Gasteiger partial charge in [0.1, 0.15) is 20.4 Å². The van der Waals surface area contributed by atoms with E-state index in [9.17, 15) is 43.5 Å². The van der Waals surface area contributed by atoms with Crippen molar-refractivity contribution in [3.8, 4) is 0 Å². The molecule has 5 amide bonds. The van der Waals surface area contributed by atoms with Gasteiger partial charge in [-0.15, -0.1) is 11.3 Å². The molecule has 2 aliphatic heterocycles. The minimum absolute atomic E-state index is 0.0331. The Kier molecular flexibility index (Phi) is 53.4. The molecule has 2 saturated heterocycles. The maximum Gasteiger partial charge on any atom is 0.306 e. The van der Waals surface area contributed by atoms with Crippen LogP contribution >= 0.6 is 43.2 Å². The van der Waals surface area contributed by atoms with Gasteiger partial charge < -0.3 is 81.8 Å². The van der Waals surface area contributed by atoms with E-state index < -0.39 is 63.6 Å². The Hall–Kier alpha value is -4.51. The van der Waals surface area contributed by atoms with Crippen LogP contribution in [0.15, 0.2) is 35.7 Å². The maximum absolute atomic E-state index is 14.7. The number of amides is 5. The van der Waals surface area contributed by atoms with E-state index in [0.29, 0.717) is 183 Å². The summed E-state index contributed by atoms with van der Waals surface area (Å²) in [4.78, 5) is 113. The van der Waals surface area contributed by atoms with E-state index in [1.807, 2.05) is 58.0 Å². The topological polar surface area (TPSA) is 311 Å². The molecule has 622 valence electrons. The highest BCUT2D eigenvalue weighted by Gasteiger charge is 2.45. The maximum atomic E-state index is 14.7. The number of likely N-dealkylation sites (tertiary alicyclic amines) is 2. The second kappa shape index (κ2) is 60.1. The second-order valence-electron chi connectivity index (χ2n) is 28.0. The molecule has 2 aromatic rings.